The number of halogens is 1. The Kier molecular flexibility index (Phi) is 4.87. The van der Waals surface area contributed by atoms with Crippen LogP contribution in [0.25, 0.3) is 10.2 Å². The number of methoxy groups -OCH3 is 1. The summed E-state index contributed by atoms with van der Waals surface area (Å²) in [4.78, 5) is 16.7. The van der Waals surface area contributed by atoms with E-state index in [4.69, 9.17) is 21.1 Å². The molecule has 24 heavy (non-hydrogen) atoms. The highest BCUT2D eigenvalue weighted by Gasteiger charge is 2.18. The first-order chi connectivity index (χ1) is 11.6. The highest BCUT2D eigenvalue weighted by molar-refractivity contribution is 7.22. The van der Waals surface area contributed by atoms with Crippen LogP contribution in [0.1, 0.15) is 6.92 Å². The van der Waals surface area contributed by atoms with Crippen LogP contribution in [0.4, 0.5) is 5.13 Å². The molecular formula is C17H15ClN2O3S. The average Bonchev–Trinajstić information content (AvgIpc) is 2.97. The van der Waals surface area contributed by atoms with E-state index in [9.17, 15) is 4.79 Å². The summed E-state index contributed by atoms with van der Waals surface area (Å²) in [5.41, 5.74) is 0.802. The van der Waals surface area contributed by atoms with E-state index >= 15 is 0 Å². The summed E-state index contributed by atoms with van der Waals surface area (Å²) < 4.78 is 11.7. The number of nitrogens with zero attached hydrogens (tertiary/aromatic N) is 1. The Morgan fingerprint density at radius 1 is 1.29 bits per heavy atom. The monoisotopic (exact) mass is 362 g/mol. The molecule has 0 aliphatic rings. The van der Waals surface area contributed by atoms with Gasteiger partial charge in [0.1, 0.15) is 11.5 Å². The van der Waals surface area contributed by atoms with Gasteiger partial charge in [-0.2, -0.15) is 0 Å². The minimum Gasteiger partial charge on any atom is -0.497 e. The Morgan fingerprint density at radius 3 is 2.83 bits per heavy atom. The molecule has 0 unspecified atom stereocenters. The topological polar surface area (TPSA) is 60.5 Å². The van der Waals surface area contributed by atoms with Crippen molar-refractivity contribution < 1.29 is 14.3 Å². The smallest absolute Gasteiger partial charge is 0.266 e. The van der Waals surface area contributed by atoms with Gasteiger partial charge in [0.2, 0.25) is 0 Å². The lowest BCUT2D eigenvalue weighted by atomic mass is 10.3. The van der Waals surface area contributed by atoms with Crippen LogP contribution in [0.5, 0.6) is 11.5 Å². The number of anilines is 1. The van der Waals surface area contributed by atoms with Crippen LogP contribution in [0.15, 0.2) is 42.5 Å². The predicted molar refractivity (Wildman–Crippen MR) is 96.3 cm³/mol. The van der Waals surface area contributed by atoms with Crippen LogP contribution in [0, 0.1) is 0 Å². The van der Waals surface area contributed by atoms with Gasteiger partial charge in [0.05, 0.1) is 22.3 Å². The fourth-order valence-corrected chi connectivity index (χ4v) is 3.15. The van der Waals surface area contributed by atoms with E-state index in [1.807, 2.05) is 18.2 Å². The first-order valence-electron chi connectivity index (χ1n) is 7.23. The summed E-state index contributed by atoms with van der Waals surface area (Å²) in [5, 5.41) is 3.74. The number of amides is 1. The molecular weight excluding hydrogens is 348 g/mol. The van der Waals surface area contributed by atoms with Crippen LogP contribution in [-0.2, 0) is 4.79 Å². The molecule has 0 aliphatic heterocycles. The van der Waals surface area contributed by atoms with Crippen molar-refractivity contribution in [2.75, 3.05) is 12.4 Å². The average molecular weight is 363 g/mol. The SMILES string of the molecule is COc1ccc2nc(NC(=O)[C@H](C)Oc3ccccc3Cl)sc2c1. The normalized spacial score (nSPS) is 12.0. The van der Waals surface area contributed by atoms with Gasteiger partial charge < -0.3 is 9.47 Å². The van der Waals surface area contributed by atoms with E-state index in [1.165, 1.54) is 11.3 Å². The van der Waals surface area contributed by atoms with Gasteiger partial charge in [0.25, 0.3) is 5.91 Å². The van der Waals surface area contributed by atoms with Gasteiger partial charge in [0.15, 0.2) is 11.2 Å². The number of thiazole rings is 1. The number of benzene rings is 2. The molecule has 3 rings (SSSR count). The molecule has 5 nitrogen and oxygen atoms in total. The maximum Gasteiger partial charge on any atom is 0.266 e. The maximum atomic E-state index is 12.3. The zero-order valence-corrected chi connectivity index (χ0v) is 14.6. The van der Waals surface area contributed by atoms with Crippen molar-refractivity contribution in [3.8, 4) is 11.5 Å². The Bertz CT molecular complexity index is 881. The predicted octanol–water partition coefficient (Wildman–Crippen LogP) is 4.36. The molecule has 0 aliphatic carbocycles. The highest BCUT2D eigenvalue weighted by Crippen LogP contribution is 2.29. The fraction of sp³-hybridized carbons (Fsp3) is 0.176. The van der Waals surface area contributed by atoms with Crippen molar-refractivity contribution in [3.63, 3.8) is 0 Å². The quantitative estimate of drug-likeness (QED) is 0.732. The number of hydrogen-bond donors (Lipinski definition) is 1. The number of hydrogen-bond acceptors (Lipinski definition) is 5. The Hall–Kier alpha value is -2.31. The molecule has 0 bridgehead atoms. The van der Waals surface area contributed by atoms with E-state index in [2.05, 4.69) is 10.3 Å². The minimum atomic E-state index is -0.702. The minimum absolute atomic E-state index is 0.291. The maximum absolute atomic E-state index is 12.3. The van der Waals surface area contributed by atoms with Crippen molar-refractivity contribution >= 4 is 44.2 Å². The third kappa shape index (κ3) is 3.60. The Morgan fingerprint density at radius 2 is 2.08 bits per heavy atom. The second kappa shape index (κ2) is 7.07. The van der Waals surface area contributed by atoms with Gasteiger partial charge in [0, 0.05) is 0 Å². The summed E-state index contributed by atoms with van der Waals surface area (Å²) in [5.74, 6) is 0.927. The largest absolute Gasteiger partial charge is 0.497 e. The van der Waals surface area contributed by atoms with Crippen molar-refractivity contribution in [1.29, 1.82) is 0 Å². The van der Waals surface area contributed by atoms with Crippen molar-refractivity contribution in [1.82, 2.24) is 4.98 Å². The standard InChI is InChI=1S/C17H15ClN2O3S/c1-10(23-14-6-4-3-5-12(14)18)16(21)20-17-19-13-8-7-11(22-2)9-15(13)24-17/h3-10H,1-2H3,(H,19,20,21)/t10-/m0/s1. The molecule has 2 aromatic carbocycles. The number of ether oxygens (including phenoxy) is 2. The molecule has 0 fully saturated rings. The number of fused-ring (bicyclic) bond motifs is 1. The third-order valence-corrected chi connectivity index (χ3v) is 4.58. The molecule has 1 N–H and O–H groups in total. The van der Waals surface area contributed by atoms with Gasteiger partial charge in [-0.15, -0.1) is 0 Å². The molecule has 0 saturated heterocycles. The molecule has 0 saturated carbocycles. The molecule has 1 aromatic heterocycles. The number of carbonyl (C=O) groups is 1. The number of rotatable bonds is 5. The fourth-order valence-electron chi connectivity index (χ4n) is 2.08. The molecule has 0 spiro atoms. The number of aromatic nitrogens is 1. The Labute approximate surface area is 148 Å². The van der Waals surface area contributed by atoms with E-state index in [1.54, 1.807) is 38.3 Å². The molecule has 124 valence electrons. The van der Waals surface area contributed by atoms with E-state index < -0.39 is 6.10 Å². The summed E-state index contributed by atoms with van der Waals surface area (Å²) in [6.07, 6.45) is -0.702. The summed E-state index contributed by atoms with van der Waals surface area (Å²) in [6.45, 7) is 1.66. The van der Waals surface area contributed by atoms with Crippen LogP contribution in [-0.4, -0.2) is 24.1 Å². The second-order valence-corrected chi connectivity index (χ2v) is 6.47. The van der Waals surface area contributed by atoms with Crippen LogP contribution in [0.3, 0.4) is 0 Å². The molecule has 7 heteroatoms. The van der Waals surface area contributed by atoms with E-state index in [-0.39, 0.29) is 5.91 Å². The van der Waals surface area contributed by atoms with Crippen LogP contribution < -0.4 is 14.8 Å². The lowest BCUT2D eigenvalue weighted by Crippen LogP contribution is -2.30. The van der Waals surface area contributed by atoms with Crippen molar-refractivity contribution in [2.24, 2.45) is 0 Å². The van der Waals surface area contributed by atoms with Gasteiger partial charge >= 0.3 is 0 Å². The van der Waals surface area contributed by atoms with Gasteiger partial charge in [-0.1, -0.05) is 35.1 Å². The van der Waals surface area contributed by atoms with Crippen LogP contribution in [0.2, 0.25) is 5.02 Å². The molecule has 1 amide bonds. The van der Waals surface area contributed by atoms with E-state index in [0.29, 0.717) is 15.9 Å². The van der Waals surface area contributed by atoms with Gasteiger partial charge in [-0.25, -0.2) is 4.98 Å². The first-order valence-corrected chi connectivity index (χ1v) is 8.43. The summed E-state index contributed by atoms with van der Waals surface area (Å²) in [7, 11) is 1.61. The van der Waals surface area contributed by atoms with E-state index in [0.717, 1.165) is 16.0 Å². The number of nitrogens with one attached hydrogen (secondary N) is 1. The molecule has 3 aromatic rings. The molecule has 1 atom stereocenters. The molecule has 0 radical (unpaired) electrons. The lowest BCUT2D eigenvalue weighted by Gasteiger charge is -2.14. The Balaban J connectivity index is 1.71. The van der Waals surface area contributed by atoms with Gasteiger partial charge in [-0.3, -0.25) is 10.1 Å². The van der Waals surface area contributed by atoms with Crippen LogP contribution >= 0.6 is 22.9 Å². The van der Waals surface area contributed by atoms with Gasteiger partial charge in [-0.05, 0) is 37.3 Å². The zero-order chi connectivity index (χ0) is 17.1. The third-order valence-electron chi connectivity index (χ3n) is 3.34. The highest BCUT2D eigenvalue weighted by atomic mass is 35.5. The summed E-state index contributed by atoms with van der Waals surface area (Å²) in [6, 6.07) is 12.6. The number of carbonyl (C=O) groups excluding carboxylic acids is 1. The molecule has 1 heterocycles. The zero-order valence-electron chi connectivity index (χ0n) is 13.1. The summed E-state index contributed by atoms with van der Waals surface area (Å²) >= 11 is 7.41. The van der Waals surface area contributed by atoms with Crippen molar-refractivity contribution in [2.45, 2.75) is 13.0 Å². The first kappa shape index (κ1) is 16.5. The lowest BCUT2D eigenvalue weighted by molar-refractivity contribution is -0.122. The number of para-hydroxylation sites is 1. The second-order valence-electron chi connectivity index (χ2n) is 5.03. The van der Waals surface area contributed by atoms with Crippen molar-refractivity contribution in [3.05, 3.63) is 47.5 Å².